The minimum Gasteiger partial charge on any atom is -0.363 e. The Labute approximate surface area is 140 Å². The topological polar surface area (TPSA) is 55.1 Å². The minimum atomic E-state index is 0.653. The van der Waals surface area contributed by atoms with Gasteiger partial charge < -0.3 is 9.72 Å². The second kappa shape index (κ2) is 6.16. The summed E-state index contributed by atoms with van der Waals surface area (Å²) >= 11 is 0. The van der Waals surface area contributed by atoms with Gasteiger partial charge in [0.05, 0.1) is 5.69 Å². The molecule has 3 heterocycles. The number of anilines is 1. The SMILES string of the molecule is Bc1c(-c2ccccc2)nc(NCc2cccnc2)c2nccn12. The molecule has 116 valence electrons. The van der Waals surface area contributed by atoms with Crippen LogP contribution in [0.2, 0.25) is 0 Å². The quantitative estimate of drug-likeness (QED) is 0.582. The molecule has 0 fully saturated rings. The first-order chi connectivity index (χ1) is 11.8. The Balaban J connectivity index is 1.77. The molecule has 0 radical (unpaired) electrons. The van der Waals surface area contributed by atoms with Crippen LogP contribution in [-0.2, 0) is 6.54 Å². The highest BCUT2D eigenvalue weighted by atomic mass is 15.1. The van der Waals surface area contributed by atoms with E-state index in [2.05, 4.69) is 39.7 Å². The van der Waals surface area contributed by atoms with Crippen molar-refractivity contribution in [3.05, 3.63) is 72.8 Å². The van der Waals surface area contributed by atoms with Crippen molar-refractivity contribution in [1.82, 2.24) is 19.4 Å². The minimum absolute atomic E-state index is 0.653. The summed E-state index contributed by atoms with van der Waals surface area (Å²) in [5, 5.41) is 3.39. The number of hydrogen-bond acceptors (Lipinski definition) is 4. The lowest BCUT2D eigenvalue weighted by atomic mass is 9.96. The summed E-state index contributed by atoms with van der Waals surface area (Å²) in [7, 11) is 2.06. The van der Waals surface area contributed by atoms with Crippen LogP contribution in [0.4, 0.5) is 5.82 Å². The van der Waals surface area contributed by atoms with Crippen molar-refractivity contribution in [2.24, 2.45) is 0 Å². The Morgan fingerprint density at radius 1 is 1.04 bits per heavy atom. The molecule has 5 nitrogen and oxygen atoms in total. The summed E-state index contributed by atoms with van der Waals surface area (Å²) in [5.74, 6) is 0.772. The van der Waals surface area contributed by atoms with Gasteiger partial charge in [0.15, 0.2) is 19.3 Å². The van der Waals surface area contributed by atoms with E-state index in [4.69, 9.17) is 4.98 Å². The van der Waals surface area contributed by atoms with Gasteiger partial charge in [0.25, 0.3) is 0 Å². The van der Waals surface area contributed by atoms with Crippen molar-refractivity contribution in [3.8, 4) is 11.3 Å². The number of rotatable bonds is 4. The molecule has 0 amide bonds. The van der Waals surface area contributed by atoms with Crippen molar-refractivity contribution < 1.29 is 0 Å². The third kappa shape index (κ3) is 2.62. The van der Waals surface area contributed by atoms with Crippen LogP contribution in [0.25, 0.3) is 16.9 Å². The molecule has 0 aliphatic heterocycles. The van der Waals surface area contributed by atoms with Crippen molar-refractivity contribution in [1.29, 1.82) is 0 Å². The summed E-state index contributed by atoms with van der Waals surface area (Å²) in [6, 6.07) is 14.2. The van der Waals surface area contributed by atoms with Crippen LogP contribution < -0.4 is 10.9 Å². The Morgan fingerprint density at radius 3 is 2.71 bits per heavy atom. The fraction of sp³-hybridized carbons (Fsp3) is 0.0556. The Hall–Kier alpha value is -3.15. The zero-order chi connectivity index (χ0) is 16.4. The smallest absolute Gasteiger partial charge is 0.179 e. The van der Waals surface area contributed by atoms with Crippen molar-refractivity contribution in [2.75, 3.05) is 5.32 Å². The molecule has 6 heteroatoms. The second-order valence-corrected chi connectivity index (χ2v) is 5.60. The van der Waals surface area contributed by atoms with E-state index in [0.29, 0.717) is 6.54 Å². The molecule has 0 unspecified atom stereocenters. The van der Waals surface area contributed by atoms with Gasteiger partial charge in [-0.1, -0.05) is 36.4 Å². The number of fused-ring (bicyclic) bond motifs is 1. The number of nitrogens with one attached hydrogen (secondary N) is 1. The number of benzene rings is 1. The molecule has 3 aromatic heterocycles. The molecule has 4 aromatic rings. The number of hydrogen-bond donors (Lipinski definition) is 1. The average molecular weight is 313 g/mol. The van der Waals surface area contributed by atoms with Crippen LogP contribution in [0.1, 0.15) is 5.56 Å². The third-order valence-corrected chi connectivity index (χ3v) is 4.01. The summed E-state index contributed by atoms with van der Waals surface area (Å²) in [4.78, 5) is 13.4. The lowest BCUT2D eigenvalue weighted by Gasteiger charge is -2.13. The molecule has 0 aliphatic rings. The zero-order valence-corrected chi connectivity index (χ0v) is 13.3. The molecule has 0 saturated carbocycles. The molecule has 1 aromatic carbocycles. The van der Waals surface area contributed by atoms with Gasteiger partial charge in [-0.15, -0.1) is 0 Å². The zero-order valence-electron chi connectivity index (χ0n) is 13.3. The molecule has 0 aliphatic carbocycles. The monoisotopic (exact) mass is 313 g/mol. The van der Waals surface area contributed by atoms with Gasteiger partial charge in [-0.3, -0.25) is 4.98 Å². The van der Waals surface area contributed by atoms with Gasteiger partial charge in [0, 0.05) is 42.5 Å². The summed E-state index contributed by atoms with van der Waals surface area (Å²) < 4.78 is 2.07. The summed E-state index contributed by atoms with van der Waals surface area (Å²) in [5.41, 5.74) is 5.05. The first-order valence-electron chi connectivity index (χ1n) is 7.85. The van der Waals surface area contributed by atoms with E-state index < -0.39 is 0 Å². The van der Waals surface area contributed by atoms with Gasteiger partial charge in [0.1, 0.15) is 0 Å². The van der Waals surface area contributed by atoms with Gasteiger partial charge in [0.2, 0.25) is 0 Å². The lowest BCUT2D eigenvalue weighted by Crippen LogP contribution is -2.20. The van der Waals surface area contributed by atoms with Crippen molar-refractivity contribution in [2.45, 2.75) is 6.54 Å². The Morgan fingerprint density at radius 2 is 1.92 bits per heavy atom. The summed E-state index contributed by atoms with van der Waals surface area (Å²) in [6.45, 7) is 0.653. The second-order valence-electron chi connectivity index (χ2n) is 5.60. The molecule has 24 heavy (non-hydrogen) atoms. The number of aromatic nitrogens is 4. The summed E-state index contributed by atoms with van der Waals surface area (Å²) in [6.07, 6.45) is 7.39. The molecule has 0 spiro atoms. The predicted molar refractivity (Wildman–Crippen MR) is 98.2 cm³/mol. The molecular weight excluding hydrogens is 297 g/mol. The van der Waals surface area contributed by atoms with E-state index in [-0.39, 0.29) is 0 Å². The Kier molecular flexibility index (Phi) is 3.71. The van der Waals surface area contributed by atoms with Crippen LogP contribution >= 0.6 is 0 Å². The highest BCUT2D eigenvalue weighted by Gasteiger charge is 2.13. The van der Waals surface area contributed by atoms with E-state index in [1.807, 2.05) is 42.7 Å². The van der Waals surface area contributed by atoms with Crippen LogP contribution in [0, 0.1) is 0 Å². The maximum Gasteiger partial charge on any atom is 0.179 e. The third-order valence-electron chi connectivity index (χ3n) is 4.01. The van der Waals surface area contributed by atoms with Crippen LogP contribution in [-0.4, -0.2) is 27.2 Å². The highest BCUT2D eigenvalue weighted by Crippen LogP contribution is 2.20. The maximum atomic E-state index is 4.84. The van der Waals surface area contributed by atoms with E-state index in [1.54, 1.807) is 12.4 Å². The molecule has 0 atom stereocenters. The first kappa shape index (κ1) is 14.4. The van der Waals surface area contributed by atoms with E-state index in [1.165, 1.54) is 0 Å². The lowest BCUT2D eigenvalue weighted by molar-refractivity contribution is 1.07. The van der Waals surface area contributed by atoms with Gasteiger partial charge in [-0.2, -0.15) is 0 Å². The molecule has 1 N–H and O–H groups in total. The van der Waals surface area contributed by atoms with Crippen molar-refractivity contribution in [3.63, 3.8) is 0 Å². The van der Waals surface area contributed by atoms with Gasteiger partial charge in [-0.25, -0.2) is 9.97 Å². The van der Waals surface area contributed by atoms with Crippen LogP contribution in [0.15, 0.2) is 67.3 Å². The van der Waals surface area contributed by atoms with Gasteiger partial charge in [-0.05, 0) is 11.6 Å². The molecular formula is C18H16BN5. The highest BCUT2D eigenvalue weighted by molar-refractivity contribution is 6.34. The molecule has 0 saturated heterocycles. The fourth-order valence-corrected chi connectivity index (χ4v) is 2.78. The molecule has 4 rings (SSSR count). The van der Waals surface area contributed by atoms with Crippen LogP contribution in [0.5, 0.6) is 0 Å². The molecule has 0 bridgehead atoms. The number of nitrogens with zero attached hydrogens (tertiary/aromatic N) is 4. The average Bonchev–Trinajstić information content (AvgIpc) is 3.13. The van der Waals surface area contributed by atoms with E-state index in [9.17, 15) is 0 Å². The standard InChI is InChI=1S/C18H16BN5/c19-16-15(14-6-2-1-3-7-14)23-17(18-21-9-10-24(16)18)22-12-13-5-4-8-20-11-13/h1-11H,12,19H2,(H,22,23). The first-order valence-corrected chi connectivity index (χ1v) is 7.85. The van der Waals surface area contributed by atoms with Crippen LogP contribution in [0.3, 0.4) is 0 Å². The predicted octanol–water partition coefficient (Wildman–Crippen LogP) is 1.66. The van der Waals surface area contributed by atoms with Crippen molar-refractivity contribution >= 4 is 24.9 Å². The normalized spacial score (nSPS) is 10.8. The van der Waals surface area contributed by atoms with Gasteiger partial charge >= 0.3 is 0 Å². The maximum absolute atomic E-state index is 4.84. The Bertz CT molecular complexity index is 967. The van der Waals surface area contributed by atoms with E-state index in [0.717, 1.165) is 33.9 Å². The number of imidazole rings is 1. The van der Waals surface area contributed by atoms with E-state index >= 15 is 0 Å². The largest absolute Gasteiger partial charge is 0.363 e. The number of pyridine rings is 1. The fourth-order valence-electron chi connectivity index (χ4n) is 2.78.